The molecule has 2 fully saturated rings. The summed E-state index contributed by atoms with van der Waals surface area (Å²) in [7, 11) is 0. The number of nitrogens with one attached hydrogen (secondary N) is 5. The molecule has 2 saturated heterocycles. The second-order valence-electron chi connectivity index (χ2n) is 21.0. The molecule has 488 valence electrons. The maximum absolute atomic E-state index is 11.8. The molecule has 26 heteroatoms. The number of aliphatic imine (C=N–C) groups is 1. The first-order valence-electron chi connectivity index (χ1n) is 29.6. The van der Waals surface area contributed by atoms with Crippen molar-refractivity contribution < 1.29 is 53.4 Å². The number of amides is 1. The van der Waals surface area contributed by atoms with Gasteiger partial charge in [-0.05, 0) is 119 Å². The Morgan fingerprint density at radius 2 is 1.33 bits per heavy atom. The zero-order valence-corrected chi connectivity index (χ0v) is 51.2. The van der Waals surface area contributed by atoms with E-state index in [2.05, 4.69) is 42.8 Å². The van der Waals surface area contributed by atoms with E-state index in [0.29, 0.717) is 70.0 Å². The minimum absolute atomic E-state index is 0.0269. The molecular formula is C61H103N15O11. The molecule has 87 heavy (non-hydrogen) atoms. The number of fused-ring (bicyclic) bond motifs is 1. The number of aromatic hydroxyl groups is 1. The van der Waals surface area contributed by atoms with Crippen LogP contribution in [0.5, 0.6) is 5.75 Å². The van der Waals surface area contributed by atoms with Crippen LogP contribution in [0, 0.1) is 5.92 Å². The lowest BCUT2D eigenvalue weighted by atomic mass is 10.0. The molecule has 0 spiro atoms. The molecule has 23 N–H and O–H groups in total. The number of guanidine groups is 1. The van der Waals surface area contributed by atoms with Gasteiger partial charge in [0.2, 0.25) is 5.91 Å². The largest absolute Gasteiger partial charge is 0.508 e. The molecule has 2 aromatic heterocycles. The summed E-state index contributed by atoms with van der Waals surface area (Å²) in [6.07, 6.45) is 25.3. The molecule has 26 nitrogen and oxygen atoms in total. The molecule has 1 unspecified atom stereocenters. The number of aldehydes is 7. The smallest absolute Gasteiger partial charge is 0.220 e. The molecule has 1 amide bonds. The van der Waals surface area contributed by atoms with E-state index in [1.165, 1.54) is 25.7 Å². The number of aromatic nitrogens is 3. The predicted octanol–water partition coefficient (Wildman–Crippen LogP) is 0.917. The Kier molecular flexibility index (Phi) is 50.9. The number of nitrogens with zero attached hydrogens (tertiary/aromatic N) is 2. The second kappa shape index (κ2) is 54.1. The van der Waals surface area contributed by atoms with Gasteiger partial charge in [-0.15, -0.1) is 0 Å². The maximum Gasteiger partial charge on any atom is 0.220 e. The Balaban J connectivity index is 0. The summed E-state index contributed by atoms with van der Waals surface area (Å²) in [5.41, 5.74) is 46.0. The SMILES string of the molecule is CC(C)C[C@H](N)C=O.CCNCCCCCCCCC(=O)C1CCC(=O)N1.NC(N)=NCCC[C@H](N)C=O.N[C@H](C=O)CO.N[C@H](C=O)Cc1c[nH]c2ccccc12.N[C@H](C=O)Cc1ccc(O)cc1.N[C@H](C=O)Cc1cnc[nH]1.O=C[C@@H]1CCCN1. The number of aromatic amines is 2. The van der Waals surface area contributed by atoms with Gasteiger partial charge >= 0.3 is 0 Å². The third kappa shape index (κ3) is 46.6. The van der Waals surface area contributed by atoms with Gasteiger partial charge in [-0.3, -0.25) is 14.6 Å². The van der Waals surface area contributed by atoms with Crippen molar-refractivity contribution in [2.75, 3.05) is 32.8 Å². The van der Waals surface area contributed by atoms with Crippen molar-refractivity contribution in [2.24, 2.45) is 56.8 Å². The Bertz CT molecular complexity index is 2440. The Labute approximate surface area is 512 Å². The normalized spacial score (nSPS) is 15.6. The summed E-state index contributed by atoms with van der Waals surface area (Å²) >= 11 is 0. The number of hydrogen-bond acceptors (Lipinski definition) is 21. The van der Waals surface area contributed by atoms with Crippen LogP contribution in [-0.4, -0.2) is 168 Å². The zero-order chi connectivity index (χ0) is 65.6. The van der Waals surface area contributed by atoms with Crippen molar-refractivity contribution in [3.05, 3.63) is 84.1 Å². The topological polar surface area (TPSA) is 495 Å². The minimum atomic E-state index is -0.690. The highest BCUT2D eigenvalue weighted by molar-refractivity contribution is 5.92. The lowest BCUT2D eigenvalue weighted by molar-refractivity contribution is -0.124. The first-order valence-corrected chi connectivity index (χ1v) is 29.6. The van der Waals surface area contributed by atoms with E-state index < -0.39 is 24.2 Å². The molecule has 6 rings (SSSR count). The minimum Gasteiger partial charge on any atom is -0.508 e. The molecular weight excluding hydrogens is 1120 g/mol. The van der Waals surface area contributed by atoms with Crippen LogP contribution in [0.25, 0.3) is 10.9 Å². The molecule has 0 bridgehead atoms. The van der Waals surface area contributed by atoms with Crippen LogP contribution in [0.2, 0.25) is 0 Å². The molecule has 2 aliphatic heterocycles. The van der Waals surface area contributed by atoms with E-state index in [1.807, 2.05) is 44.3 Å². The summed E-state index contributed by atoms with van der Waals surface area (Å²) in [5, 5.41) is 27.2. The van der Waals surface area contributed by atoms with E-state index in [-0.39, 0.29) is 54.2 Å². The first-order chi connectivity index (χ1) is 41.7. The highest BCUT2D eigenvalue weighted by Gasteiger charge is 2.26. The fourth-order valence-corrected chi connectivity index (χ4v) is 7.79. The Hall–Kier alpha value is -7.27. The van der Waals surface area contributed by atoms with Crippen LogP contribution in [0.3, 0.4) is 0 Å². The van der Waals surface area contributed by atoms with Crippen molar-refractivity contribution in [2.45, 2.75) is 178 Å². The summed E-state index contributed by atoms with van der Waals surface area (Å²) in [4.78, 5) is 106. The number of unbranched alkanes of at least 4 members (excludes halogenated alkanes) is 5. The molecule has 4 aromatic rings. The molecule has 2 aliphatic rings. The van der Waals surface area contributed by atoms with Crippen molar-refractivity contribution in [1.82, 2.24) is 30.9 Å². The second-order valence-corrected chi connectivity index (χ2v) is 21.0. The summed E-state index contributed by atoms with van der Waals surface area (Å²) in [5.74, 6) is 1.07. The predicted molar refractivity (Wildman–Crippen MR) is 341 cm³/mol. The van der Waals surface area contributed by atoms with Crippen LogP contribution in [0.1, 0.15) is 127 Å². The molecule has 8 atom stereocenters. The molecule has 0 aliphatic carbocycles. The van der Waals surface area contributed by atoms with Crippen LogP contribution in [0.15, 0.2) is 72.2 Å². The van der Waals surface area contributed by atoms with E-state index in [4.69, 9.17) is 56.1 Å². The number of Topliss-reactive ketones (excluding diaryl/α,β-unsaturated/α-hetero) is 1. The number of aliphatic hydroxyl groups excluding tert-OH is 1. The van der Waals surface area contributed by atoms with E-state index in [1.54, 1.807) is 36.8 Å². The molecule has 0 saturated carbocycles. The average Bonchev–Trinajstić information content (AvgIpc) is 3.56. The number of carbonyl (C=O) groups is 9. The summed E-state index contributed by atoms with van der Waals surface area (Å²) in [6, 6.07) is 12.0. The lowest BCUT2D eigenvalue weighted by Gasteiger charge is -2.08. The van der Waals surface area contributed by atoms with Crippen LogP contribution in [-0.2, 0) is 62.4 Å². The van der Waals surface area contributed by atoms with Crippen molar-refractivity contribution >= 4 is 72.6 Å². The summed E-state index contributed by atoms with van der Waals surface area (Å²) in [6.45, 7) is 9.68. The summed E-state index contributed by atoms with van der Waals surface area (Å²) < 4.78 is 0. The van der Waals surface area contributed by atoms with Gasteiger partial charge in [0.1, 0.15) is 49.8 Å². The number of carbonyl (C=O) groups excluding carboxylic acids is 9. The monoisotopic (exact) mass is 1220 g/mol. The number of rotatable bonds is 31. The molecule has 4 heterocycles. The number of aliphatic hydroxyl groups is 1. The first kappa shape index (κ1) is 81.8. The zero-order valence-electron chi connectivity index (χ0n) is 51.2. The molecule has 0 radical (unpaired) electrons. The number of ketones is 1. The Morgan fingerprint density at radius 3 is 1.82 bits per heavy atom. The van der Waals surface area contributed by atoms with Gasteiger partial charge < -0.3 is 116 Å². The fraction of sp³-hybridized carbons (Fsp3) is 0.557. The van der Waals surface area contributed by atoms with Crippen molar-refractivity contribution in [3.8, 4) is 5.75 Å². The van der Waals surface area contributed by atoms with Gasteiger partial charge in [0, 0.05) is 54.8 Å². The van der Waals surface area contributed by atoms with Gasteiger partial charge in [0.25, 0.3) is 0 Å². The van der Waals surface area contributed by atoms with Crippen LogP contribution in [0.4, 0.5) is 0 Å². The van der Waals surface area contributed by atoms with Gasteiger partial charge in [-0.25, -0.2) is 4.98 Å². The number of benzene rings is 2. The third-order valence-corrected chi connectivity index (χ3v) is 12.5. The number of hydrogen-bond donors (Lipinski definition) is 15. The highest BCUT2D eigenvalue weighted by Crippen LogP contribution is 2.18. The quantitative estimate of drug-likeness (QED) is 0.0144. The van der Waals surface area contributed by atoms with E-state index >= 15 is 0 Å². The Morgan fingerprint density at radius 1 is 0.736 bits per heavy atom. The maximum atomic E-state index is 11.8. The lowest BCUT2D eigenvalue weighted by Crippen LogP contribution is -2.32. The van der Waals surface area contributed by atoms with E-state index in [9.17, 15) is 43.2 Å². The van der Waals surface area contributed by atoms with Gasteiger partial charge in [0.15, 0.2) is 11.7 Å². The third-order valence-electron chi connectivity index (χ3n) is 12.5. The number of phenolic OH excluding ortho intramolecular Hbond substituents is 1. The number of nitrogens with two attached hydrogens (primary N) is 8. The average molecular weight is 1220 g/mol. The van der Waals surface area contributed by atoms with Crippen LogP contribution >= 0.6 is 0 Å². The number of phenols is 1. The van der Waals surface area contributed by atoms with Crippen molar-refractivity contribution in [3.63, 3.8) is 0 Å². The van der Waals surface area contributed by atoms with Gasteiger partial charge in [-0.1, -0.05) is 76.8 Å². The standard InChI is InChI=1S/C15H28N2O2.C11H12N2O.C9H11NO2.C6H14N4O.C6H9N3O.C6H13NO.C5H9NO.C3H7NO2/c1-2-16-12-8-6-4-3-5-7-9-14(18)13-10-11-15(19)17-13;12-9(7-14)5-8-6-13-11-4-2-1-3-10(8)11;10-8(6-11)5-7-1-3-9(12)4-2-7;7-5(4-11)2-1-3-10-6(8)9;7-5(3-10)1-6-2-8-4-9-6;1-5(2)3-6(7)4-8;7-4-5-2-1-3-6-5;4-3(1-5)2-6/h13,16H,2-12H2,1H3,(H,17,19);1-4,6-7,9,13H,5,12H2;1-4,6,8,12H,5,10H2;4-5H,1-3,7H2,(H4,8,9,10);2-5H,1,7H2,(H,8,9);4-6H,3,7H2,1-2H3;4-6H,1-3H2;1,3,6H,2,4H2/t;9-;8-;2*5-;6-;5-;3-/m.0000001/s1. The highest BCUT2D eigenvalue weighted by atomic mass is 16.3. The fourth-order valence-electron chi connectivity index (χ4n) is 7.79. The number of para-hydroxylation sites is 1. The van der Waals surface area contributed by atoms with Crippen LogP contribution < -0.4 is 61.8 Å². The van der Waals surface area contributed by atoms with E-state index in [0.717, 1.165) is 117 Å². The van der Waals surface area contributed by atoms with Gasteiger partial charge in [0.05, 0.1) is 61.3 Å². The van der Waals surface area contributed by atoms with Gasteiger partial charge in [-0.2, -0.15) is 0 Å². The number of H-pyrrole nitrogens is 2. The van der Waals surface area contributed by atoms with Crippen molar-refractivity contribution in [1.29, 1.82) is 0 Å². The molecule has 2 aromatic carbocycles. The number of imidazole rings is 1.